The normalized spacial score (nSPS) is 28.0. The lowest BCUT2D eigenvalue weighted by Gasteiger charge is -2.43. The van der Waals surface area contributed by atoms with Crippen molar-refractivity contribution in [2.75, 3.05) is 5.01 Å². The Kier molecular flexibility index (Phi) is 3.34. The molecular formula is C27H20ClN3. The molecule has 150 valence electrons. The monoisotopic (exact) mass is 421 g/mol. The van der Waals surface area contributed by atoms with Crippen LogP contribution >= 0.6 is 11.6 Å². The van der Waals surface area contributed by atoms with Gasteiger partial charge in [-0.1, -0.05) is 72.3 Å². The predicted molar refractivity (Wildman–Crippen MR) is 122 cm³/mol. The highest BCUT2D eigenvalue weighted by Gasteiger charge is 2.69. The molecule has 0 radical (unpaired) electrons. The molecule has 0 unspecified atom stereocenters. The number of allylic oxidation sites excluding steroid dienone is 1. The van der Waals surface area contributed by atoms with Gasteiger partial charge in [0.2, 0.25) is 0 Å². The quantitative estimate of drug-likeness (QED) is 0.358. The fraction of sp³-hybridized carbons (Fsp3) is 0.222. The van der Waals surface area contributed by atoms with Crippen LogP contribution in [0.4, 0.5) is 5.69 Å². The number of rotatable bonds is 1. The van der Waals surface area contributed by atoms with Crippen molar-refractivity contribution in [1.29, 1.82) is 5.26 Å². The molecule has 7 rings (SSSR count). The summed E-state index contributed by atoms with van der Waals surface area (Å²) >= 11 is 6.25. The number of benzene rings is 3. The van der Waals surface area contributed by atoms with Gasteiger partial charge >= 0.3 is 0 Å². The summed E-state index contributed by atoms with van der Waals surface area (Å²) in [5, 5.41) is 15.4. The third-order valence-corrected chi connectivity index (χ3v) is 8.12. The summed E-state index contributed by atoms with van der Waals surface area (Å²) in [6.07, 6.45) is 8.46. The summed E-state index contributed by atoms with van der Waals surface area (Å²) in [6, 6.07) is 25.6. The lowest BCUT2D eigenvalue weighted by atomic mass is 9.69. The van der Waals surface area contributed by atoms with E-state index in [4.69, 9.17) is 11.6 Å². The Morgan fingerprint density at radius 3 is 2.10 bits per heavy atom. The van der Waals surface area contributed by atoms with E-state index in [9.17, 15) is 5.26 Å². The minimum atomic E-state index is -0.411. The molecule has 0 amide bonds. The van der Waals surface area contributed by atoms with Gasteiger partial charge in [-0.05, 0) is 58.9 Å². The van der Waals surface area contributed by atoms with Gasteiger partial charge in [0.15, 0.2) is 6.19 Å². The fourth-order valence-electron chi connectivity index (χ4n) is 6.99. The van der Waals surface area contributed by atoms with Crippen LogP contribution in [0.25, 0.3) is 11.1 Å². The van der Waals surface area contributed by atoms with Crippen LogP contribution in [0.1, 0.15) is 17.5 Å². The number of hydrogen-bond donors (Lipinski definition) is 0. The summed E-state index contributed by atoms with van der Waals surface area (Å²) in [4.78, 5) is 0. The van der Waals surface area contributed by atoms with E-state index in [1.54, 1.807) is 0 Å². The van der Waals surface area contributed by atoms with Crippen molar-refractivity contribution >= 4 is 17.3 Å². The van der Waals surface area contributed by atoms with Gasteiger partial charge in [0.05, 0.1) is 11.7 Å². The van der Waals surface area contributed by atoms with Crippen LogP contribution in [-0.2, 0) is 5.54 Å². The van der Waals surface area contributed by atoms with Gasteiger partial charge in [0.1, 0.15) is 5.54 Å². The van der Waals surface area contributed by atoms with Crippen molar-refractivity contribution in [3.8, 4) is 17.3 Å². The summed E-state index contributed by atoms with van der Waals surface area (Å²) in [6.45, 7) is 0. The van der Waals surface area contributed by atoms with Crippen molar-refractivity contribution in [3.63, 3.8) is 0 Å². The molecule has 3 aliphatic carbocycles. The molecule has 1 saturated carbocycles. The van der Waals surface area contributed by atoms with Crippen LogP contribution in [0.5, 0.6) is 0 Å². The molecule has 31 heavy (non-hydrogen) atoms. The van der Waals surface area contributed by atoms with Crippen LogP contribution in [0.2, 0.25) is 5.02 Å². The van der Waals surface area contributed by atoms with E-state index in [1.807, 2.05) is 29.3 Å². The lowest BCUT2D eigenvalue weighted by molar-refractivity contribution is 0.278. The van der Waals surface area contributed by atoms with Crippen molar-refractivity contribution < 1.29 is 0 Å². The maximum absolute atomic E-state index is 10.5. The average Bonchev–Trinajstić information content (AvgIpc) is 3.55. The highest BCUT2D eigenvalue weighted by molar-refractivity contribution is 6.30. The summed E-state index contributed by atoms with van der Waals surface area (Å²) < 4.78 is 0. The van der Waals surface area contributed by atoms with E-state index in [-0.39, 0.29) is 6.04 Å². The molecule has 2 bridgehead atoms. The van der Waals surface area contributed by atoms with Gasteiger partial charge in [-0.3, -0.25) is 5.01 Å². The topological polar surface area (TPSA) is 30.3 Å². The maximum atomic E-state index is 10.5. The van der Waals surface area contributed by atoms with Crippen LogP contribution in [0.15, 0.2) is 84.9 Å². The van der Waals surface area contributed by atoms with Gasteiger partial charge in [-0.2, -0.15) is 5.26 Å². The second-order valence-electron chi connectivity index (χ2n) is 9.06. The SMILES string of the molecule is N#CN1[C@H]2[C@@H]([C@H]3C=C[C@H]2C3)C2(c3ccccc3-c3ccccc32)N1c1ccc(Cl)cc1. The zero-order chi connectivity index (χ0) is 20.7. The van der Waals surface area contributed by atoms with E-state index >= 15 is 0 Å². The number of nitrogens with zero attached hydrogens (tertiary/aromatic N) is 3. The fourth-order valence-corrected chi connectivity index (χ4v) is 7.11. The Hall–Kier alpha value is -3.22. The van der Waals surface area contributed by atoms with Gasteiger partial charge in [0, 0.05) is 16.9 Å². The number of hydrogen-bond acceptors (Lipinski definition) is 3. The second-order valence-corrected chi connectivity index (χ2v) is 9.49. The second kappa shape index (κ2) is 5.93. The van der Waals surface area contributed by atoms with Gasteiger partial charge in [-0.25, -0.2) is 5.01 Å². The first-order valence-corrected chi connectivity index (χ1v) is 11.3. The Balaban J connectivity index is 1.60. The highest BCUT2D eigenvalue weighted by atomic mass is 35.5. The Morgan fingerprint density at radius 1 is 0.839 bits per heavy atom. The van der Waals surface area contributed by atoms with E-state index in [0.717, 1.165) is 12.1 Å². The molecule has 4 aliphatic rings. The highest BCUT2D eigenvalue weighted by Crippen LogP contribution is 2.67. The van der Waals surface area contributed by atoms with E-state index in [0.29, 0.717) is 22.8 Å². The minimum absolute atomic E-state index is 0.162. The number of anilines is 1. The standard InChI is InChI=1S/C27H20ClN3/c28-19-11-13-20(14-12-19)31-27(25-17-9-10-18(15-17)26(25)30(31)16-29)23-7-3-1-5-21(23)22-6-2-4-8-24(22)27/h1-14,17-18,25-26H,15H2/t17-,18-,25+,26+/m0/s1. The number of fused-ring (bicyclic) bond motifs is 11. The first-order valence-electron chi connectivity index (χ1n) is 10.9. The molecule has 1 aliphatic heterocycles. The molecule has 0 N–H and O–H groups in total. The largest absolute Gasteiger partial charge is 0.261 e. The molecule has 3 nitrogen and oxygen atoms in total. The third kappa shape index (κ3) is 1.95. The molecule has 3 aromatic rings. The van der Waals surface area contributed by atoms with Gasteiger partial charge in [-0.15, -0.1) is 0 Å². The summed E-state index contributed by atoms with van der Waals surface area (Å²) in [5.74, 6) is 1.17. The summed E-state index contributed by atoms with van der Waals surface area (Å²) in [5.41, 5.74) is 5.77. The average molecular weight is 422 g/mol. The molecular weight excluding hydrogens is 402 g/mol. The Labute approximate surface area is 186 Å². The number of nitriles is 1. The molecule has 3 aromatic carbocycles. The Morgan fingerprint density at radius 2 is 1.45 bits per heavy atom. The van der Waals surface area contributed by atoms with E-state index in [2.05, 4.69) is 71.9 Å². The zero-order valence-electron chi connectivity index (χ0n) is 16.8. The van der Waals surface area contributed by atoms with E-state index in [1.165, 1.54) is 22.3 Å². The molecule has 0 aromatic heterocycles. The smallest absolute Gasteiger partial charge is 0.200 e. The van der Waals surface area contributed by atoms with Gasteiger partial charge in [0.25, 0.3) is 0 Å². The van der Waals surface area contributed by atoms with Gasteiger partial charge < -0.3 is 0 Å². The van der Waals surface area contributed by atoms with Crippen LogP contribution < -0.4 is 5.01 Å². The Bertz CT molecular complexity index is 1240. The van der Waals surface area contributed by atoms with E-state index < -0.39 is 5.54 Å². The maximum Gasteiger partial charge on any atom is 0.200 e. The summed E-state index contributed by atoms with van der Waals surface area (Å²) in [7, 11) is 0. The molecule has 1 spiro atoms. The molecule has 1 saturated heterocycles. The first kappa shape index (κ1) is 17.5. The number of hydrazine groups is 1. The number of halogens is 1. The molecule has 4 atom stereocenters. The van der Waals surface area contributed by atoms with Crippen LogP contribution in [-0.4, -0.2) is 11.1 Å². The lowest BCUT2D eigenvalue weighted by Crippen LogP contribution is -2.50. The van der Waals surface area contributed by atoms with Crippen molar-refractivity contribution in [1.82, 2.24) is 5.01 Å². The minimum Gasteiger partial charge on any atom is -0.261 e. The van der Waals surface area contributed by atoms with Crippen molar-refractivity contribution in [2.24, 2.45) is 17.8 Å². The van der Waals surface area contributed by atoms with Crippen molar-refractivity contribution in [2.45, 2.75) is 18.0 Å². The first-order chi connectivity index (χ1) is 15.2. The third-order valence-electron chi connectivity index (χ3n) is 7.87. The molecule has 1 heterocycles. The predicted octanol–water partition coefficient (Wildman–Crippen LogP) is 5.97. The molecule has 4 heteroatoms. The van der Waals surface area contributed by atoms with Crippen LogP contribution in [0, 0.1) is 29.2 Å². The zero-order valence-corrected chi connectivity index (χ0v) is 17.6. The van der Waals surface area contributed by atoms with Crippen LogP contribution in [0.3, 0.4) is 0 Å². The molecule has 2 fully saturated rings. The van der Waals surface area contributed by atoms with Crippen molar-refractivity contribution in [3.05, 3.63) is 101 Å².